The Balaban J connectivity index is 1.68. The van der Waals surface area contributed by atoms with Crippen LogP contribution < -0.4 is 10.2 Å². The zero-order chi connectivity index (χ0) is 15.1. The van der Waals surface area contributed by atoms with Gasteiger partial charge in [0.2, 0.25) is 0 Å². The minimum atomic E-state index is -0.166. The van der Waals surface area contributed by atoms with E-state index in [0.717, 1.165) is 37.2 Å². The Bertz CT molecular complexity index is 554. The highest BCUT2D eigenvalue weighted by molar-refractivity contribution is 5.44. The van der Waals surface area contributed by atoms with E-state index in [1.165, 1.54) is 11.8 Å². The predicted molar refractivity (Wildman–Crippen MR) is 87.2 cm³/mol. The summed E-state index contributed by atoms with van der Waals surface area (Å²) in [6.07, 6.45) is 1.08. The van der Waals surface area contributed by atoms with Crippen molar-refractivity contribution < 1.29 is 4.39 Å². The summed E-state index contributed by atoms with van der Waals surface area (Å²) < 4.78 is 13.0. The fraction of sp³-hybridized carbons (Fsp3) is 0.333. The lowest BCUT2D eigenvalue weighted by Crippen LogP contribution is -2.23. The van der Waals surface area contributed by atoms with Crippen LogP contribution in [-0.2, 0) is 6.54 Å². The number of nitrogens with one attached hydrogen (secondary N) is 1. The van der Waals surface area contributed by atoms with Crippen LogP contribution in [0.5, 0.6) is 0 Å². The molecule has 0 radical (unpaired) electrons. The Morgan fingerprint density at radius 3 is 2.57 bits per heavy atom. The Labute approximate surface area is 126 Å². The van der Waals surface area contributed by atoms with E-state index in [2.05, 4.69) is 41.5 Å². The molecule has 0 spiro atoms. The average molecular weight is 286 g/mol. The number of anilines is 1. The van der Waals surface area contributed by atoms with Gasteiger partial charge in [0.25, 0.3) is 0 Å². The highest BCUT2D eigenvalue weighted by atomic mass is 19.1. The quantitative estimate of drug-likeness (QED) is 0.780. The summed E-state index contributed by atoms with van der Waals surface area (Å²) in [4.78, 5) is 2.25. The van der Waals surface area contributed by atoms with Gasteiger partial charge in [-0.25, -0.2) is 4.39 Å². The van der Waals surface area contributed by atoms with Crippen molar-refractivity contribution in [2.45, 2.75) is 19.9 Å². The van der Waals surface area contributed by atoms with Crippen molar-refractivity contribution in [1.82, 2.24) is 5.32 Å². The molecule has 0 aliphatic rings. The van der Waals surface area contributed by atoms with Crippen molar-refractivity contribution in [3.8, 4) is 0 Å². The summed E-state index contributed by atoms with van der Waals surface area (Å²) in [7, 11) is 2.11. The van der Waals surface area contributed by atoms with Crippen molar-refractivity contribution in [2.24, 2.45) is 0 Å². The summed E-state index contributed by atoms with van der Waals surface area (Å²) in [5.41, 5.74) is 3.41. The second-order valence-electron chi connectivity index (χ2n) is 5.36. The third-order valence-corrected chi connectivity index (χ3v) is 3.66. The Hall–Kier alpha value is -1.87. The first-order chi connectivity index (χ1) is 10.2. The topological polar surface area (TPSA) is 15.3 Å². The van der Waals surface area contributed by atoms with Crippen LogP contribution in [0.25, 0.3) is 0 Å². The largest absolute Gasteiger partial charge is 0.375 e. The molecule has 2 aromatic carbocycles. The van der Waals surface area contributed by atoms with Gasteiger partial charge < -0.3 is 10.2 Å². The molecule has 2 nitrogen and oxygen atoms in total. The molecule has 21 heavy (non-hydrogen) atoms. The molecule has 112 valence electrons. The zero-order valence-corrected chi connectivity index (χ0v) is 12.8. The molecule has 3 heteroatoms. The van der Waals surface area contributed by atoms with Crippen molar-refractivity contribution in [3.05, 3.63) is 65.5 Å². The fourth-order valence-corrected chi connectivity index (χ4v) is 2.33. The maximum Gasteiger partial charge on any atom is 0.123 e. The van der Waals surface area contributed by atoms with E-state index >= 15 is 0 Å². The van der Waals surface area contributed by atoms with Crippen molar-refractivity contribution in [3.63, 3.8) is 0 Å². The number of aryl methyl sites for hydroxylation is 1. The van der Waals surface area contributed by atoms with Gasteiger partial charge in [-0.15, -0.1) is 0 Å². The number of hydrogen-bond acceptors (Lipinski definition) is 2. The molecular weight excluding hydrogens is 263 g/mol. The minimum absolute atomic E-state index is 0.166. The average Bonchev–Trinajstić information content (AvgIpc) is 2.49. The number of hydrogen-bond donors (Lipinski definition) is 1. The smallest absolute Gasteiger partial charge is 0.123 e. The monoisotopic (exact) mass is 286 g/mol. The first kappa shape index (κ1) is 15.5. The van der Waals surface area contributed by atoms with Gasteiger partial charge in [-0.2, -0.15) is 0 Å². The minimum Gasteiger partial charge on any atom is -0.375 e. The zero-order valence-electron chi connectivity index (χ0n) is 12.8. The molecule has 0 saturated heterocycles. The fourth-order valence-electron chi connectivity index (χ4n) is 2.33. The number of para-hydroxylation sites is 1. The standard InChI is InChI=1S/C18H23FN2/c1-15-13-17(19)10-9-16(15)14-20-11-6-12-21(2)18-7-4-3-5-8-18/h3-5,7-10,13,20H,6,11-12,14H2,1-2H3. The van der Waals surface area contributed by atoms with Crippen molar-refractivity contribution >= 4 is 5.69 Å². The Morgan fingerprint density at radius 2 is 1.86 bits per heavy atom. The van der Waals surface area contributed by atoms with Crippen LogP contribution in [0.2, 0.25) is 0 Å². The Morgan fingerprint density at radius 1 is 1.10 bits per heavy atom. The van der Waals surface area contributed by atoms with Gasteiger partial charge in [-0.05, 0) is 55.3 Å². The SMILES string of the molecule is Cc1cc(F)ccc1CNCCCN(C)c1ccccc1. The van der Waals surface area contributed by atoms with Gasteiger partial charge in [-0.1, -0.05) is 24.3 Å². The van der Waals surface area contributed by atoms with Gasteiger partial charge in [0.05, 0.1) is 0 Å². The van der Waals surface area contributed by atoms with Gasteiger partial charge in [0, 0.05) is 25.8 Å². The van der Waals surface area contributed by atoms with E-state index in [0.29, 0.717) is 0 Å². The van der Waals surface area contributed by atoms with Crippen molar-refractivity contribution in [2.75, 3.05) is 25.0 Å². The van der Waals surface area contributed by atoms with E-state index in [1.807, 2.05) is 19.1 Å². The molecule has 0 atom stereocenters. The van der Waals surface area contributed by atoms with Crippen LogP contribution in [0, 0.1) is 12.7 Å². The highest BCUT2D eigenvalue weighted by Crippen LogP contribution is 2.11. The molecule has 0 unspecified atom stereocenters. The molecule has 0 saturated carbocycles. The number of halogens is 1. The number of nitrogens with zero attached hydrogens (tertiary/aromatic N) is 1. The van der Waals surface area contributed by atoms with E-state index < -0.39 is 0 Å². The summed E-state index contributed by atoms with van der Waals surface area (Å²) in [5, 5.41) is 3.42. The van der Waals surface area contributed by atoms with Crippen LogP contribution in [0.1, 0.15) is 17.5 Å². The third-order valence-electron chi connectivity index (χ3n) is 3.66. The van der Waals surface area contributed by atoms with Crippen LogP contribution in [0.3, 0.4) is 0 Å². The summed E-state index contributed by atoms with van der Waals surface area (Å²) >= 11 is 0. The number of benzene rings is 2. The Kier molecular flexibility index (Phi) is 5.76. The van der Waals surface area contributed by atoms with Gasteiger partial charge in [-0.3, -0.25) is 0 Å². The van der Waals surface area contributed by atoms with E-state index in [9.17, 15) is 4.39 Å². The molecule has 0 aliphatic heterocycles. The maximum atomic E-state index is 13.0. The normalized spacial score (nSPS) is 10.6. The molecule has 0 bridgehead atoms. The lowest BCUT2D eigenvalue weighted by molar-refractivity contribution is 0.620. The molecule has 2 rings (SSSR count). The van der Waals surface area contributed by atoms with E-state index in [-0.39, 0.29) is 5.82 Å². The second kappa shape index (κ2) is 7.79. The highest BCUT2D eigenvalue weighted by Gasteiger charge is 2.01. The molecule has 1 N–H and O–H groups in total. The predicted octanol–water partition coefficient (Wildman–Crippen LogP) is 3.75. The van der Waals surface area contributed by atoms with Crippen LogP contribution in [0.4, 0.5) is 10.1 Å². The van der Waals surface area contributed by atoms with E-state index in [1.54, 1.807) is 6.07 Å². The van der Waals surface area contributed by atoms with Crippen LogP contribution >= 0.6 is 0 Å². The molecule has 0 heterocycles. The molecule has 0 amide bonds. The van der Waals surface area contributed by atoms with Crippen LogP contribution in [0.15, 0.2) is 48.5 Å². The summed E-state index contributed by atoms with van der Waals surface area (Å²) in [6.45, 7) is 4.71. The lowest BCUT2D eigenvalue weighted by atomic mass is 10.1. The molecule has 2 aromatic rings. The lowest BCUT2D eigenvalue weighted by Gasteiger charge is -2.19. The first-order valence-electron chi connectivity index (χ1n) is 7.39. The van der Waals surface area contributed by atoms with Crippen molar-refractivity contribution in [1.29, 1.82) is 0 Å². The molecule has 0 aromatic heterocycles. The molecule has 0 aliphatic carbocycles. The molecule has 0 fully saturated rings. The van der Waals surface area contributed by atoms with Gasteiger partial charge in [0.1, 0.15) is 5.82 Å². The first-order valence-corrected chi connectivity index (χ1v) is 7.39. The number of rotatable bonds is 7. The van der Waals surface area contributed by atoms with Gasteiger partial charge >= 0.3 is 0 Å². The summed E-state index contributed by atoms with van der Waals surface area (Å²) in [6, 6.07) is 15.3. The van der Waals surface area contributed by atoms with Gasteiger partial charge in [0.15, 0.2) is 0 Å². The summed E-state index contributed by atoms with van der Waals surface area (Å²) in [5.74, 6) is -0.166. The third kappa shape index (κ3) is 4.87. The maximum absolute atomic E-state index is 13.0. The molecular formula is C18H23FN2. The van der Waals surface area contributed by atoms with Crippen LogP contribution in [-0.4, -0.2) is 20.1 Å². The second-order valence-corrected chi connectivity index (χ2v) is 5.36. The van der Waals surface area contributed by atoms with E-state index in [4.69, 9.17) is 0 Å².